The van der Waals surface area contributed by atoms with Gasteiger partial charge in [0.25, 0.3) is 5.56 Å². The van der Waals surface area contributed by atoms with Crippen molar-refractivity contribution in [3.8, 4) is 5.75 Å². The molecule has 3 heterocycles. The van der Waals surface area contributed by atoms with Crippen LogP contribution in [0.4, 0.5) is 4.39 Å². The molecule has 0 aliphatic carbocycles. The molecule has 1 aliphatic heterocycles. The van der Waals surface area contributed by atoms with Crippen molar-refractivity contribution in [2.24, 2.45) is 0 Å². The van der Waals surface area contributed by atoms with E-state index < -0.39 is 6.04 Å². The first-order valence-electron chi connectivity index (χ1n) is 13.3. The first-order chi connectivity index (χ1) is 19.6. The van der Waals surface area contributed by atoms with E-state index in [4.69, 9.17) is 4.74 Å². The number of benzene rings is 3. The monoisotopic (exact) mass is 539 g/mol. The fourth-order valence-corrected chi connectivity index (χ4v) is 5.33. The molecule has 1 saturated heterocycles. The fraction of sp³-hybridized carbons (Fsp3) is 0.267. The minimum absolute atomic E-state index is 0.200. The summed E-state index contributed by atoms with van der Waals surface area (Å²) >= 11 is 0. The number of aromatic amines is 1. The smallest absolute Gasteiger partial charge is 0.253 e. The summed E-state index contributed by atoms with van der Waals surface area (Å²) < 4.78 is 20.6. The van der Waals surface area contributed by atoms with Gasteiger partial charge in [0.1, 0.15) is 17.6 Å². The van der Waals surface area contributed by atoms with Gasteiger partial charge >= 0.3 is 0 Å². The summed E-state index contributed by atoms with van der Waals surface area (Å²) in [6, 6.07) is 23.8. The van der Waals surface area contributed by atoms with Crippen molar-refractivity contribution < 1.29 is 9.13 Å². The average molecular weight is 540 g/mol. The molecule has 204 valence electrons. The number of pyridine rings is 1. The number of rotatable bonds is 8. The van der Waals surface area contributed by atoms with E-state index in [-0.39, 0.29) is 11.4 Å². The minimum atomic E-state index is -0.468. The van der Waals surface area contributed by atoms with Crippen molar-refractivity contribution >= 4 is 10.9 Å². The number of nitrogens with one attached hydrogen (secondary N) is 1. The zero-order valence-corrected chi connectivity index (χ0v) is 22.2. The molecule has 9 nitrogen and oxygen atoms in total. The number of ether oxygens (including phenoxy) is 1. The molecule has 0 amide bonds. The molecule has 1 atom stereocenters. The lowest BCUT2D eigenvalue weighted by Gasteiger charge is -2.38. The molecule has 0 radical (unpaired) electrons. The van der Waals surface area contributed by atoms with Gasteiger partial charge in [-0.05, 0) is 57.3 Å². The molecular formula is C30H30FN7O2. The van der Waals surface area contributed by atoms with Crippen molar-refractivity contribution in [3.63, 3.8) is 0 Å². The van der Waals surface area contributed by atoms with E-state index in [0.29, 0.717) is 29.2 Å². The zero-order valence-electron chi connectivity index (χ0n) is 22.2. The van der Waals surface area contributed by atoms with Gasteiger partial charge in [-0.15, -0.1) is 5.10 Å². The molecule has 6 rings (SSSR count). The largest absolute Gasteiger partial charge is 0.497 e. The number of piperazine rings is 1. The third kappa shape index (κ3) is 5.49. The van der Waals surface area contributed by atoms with Crippen LogP contribution in [-0.4, -0.2) is 68.3 Å². The molecule has 2 aromatic heterocycles. The highest BCUT2D eigenvalue weighted by Crippen LogP contribution is 2.29. The Labute approximate surface area is 230 Å². The molecule has 0 unspecified atom stereocenters. The number of halogens is 1. The highest BCUT2D eigenvalue weighted by molar-refractivity contribution is 5.80. The SMILES string of the molecule is COc1ccc2cc([C@@H](c3nnnn3Cc3ccc(F)cc3)N3CCN(Cc4ccccc4)CC3)c(=O)[nH]c2c1. The quantitative estimate of drug-likeness (QED) is 0.322. The maximum atomic E-state index is 13.6. The Morgan fingerprint density at radius 1 is 0.925 bits per heavy atom. The van der Waals surface area contributed by atoms with Crippen molar-refractivity contribution in [2.45, 2.75) is 19.1 Å². The summed E-state index contributed by atoms with van der Waals surface area (Å²) in [6.45, 7) is 4.39. The van der Waals surface area contributed by atoms with Crippen LogP contribution in [0.2, 0.25) is 0 Å². The topological polar surface area (TPSA) is 92.2 Å². The summed E-state index contributed by atoms with van der Waals surface area (Å²) in [5, 5.41) is 13.5. The highest BCUT2D eigenvalue weighted by atomic mass is 19.1. The third-order valence-electron chi connectivity index (χ3n) is 7.45. The van der Waals surface area contributed by atoms with Crippen LogP contribution in [0.25, 0.3) is 10.9 Å². The first kappa shape index (κ1) is 25.8. The van der Waals surface area contributed by atoms with Crippen LogP contribution >= 0.6 is 0 Å². The number of fused-ring (bicyclic) bond motifs is 1. The molecule has 10 heteroatoms. The molecule has 5 aromatic rings. The van der Waals surface area contributed by atoms with Crippen LogP contribution in [0.15, 0.2) is 83.7 Å². The predicted octanol–water partition coefficient (Wildman–Crippen LogP) is 3.62. The van der Waals surface area contributed by atoms with E-state index in [0.717, 1.165) is 43.7 Å². The molecule has 1 N–H and O–H groups in total. The van der Waals surface area contributed by atoms with E-state index >= 15 is 0 Å². The minimum Gasteiger partial charge on any atom is -0.497 e. The number of tetrazole rings is 1. The Bertz CT molecular complexity index is 1640. The van der Waals surface area contributed by atoms with E-state index in [1.807, 2.05) is 30.3 Å². The van der Waals surface area contributed by atoms with Crippen molar-refractivity contribution in [3.05, 3.63) is 118 Å². The summed E-state index contributed by atoms with van der Waals surface area (Å²) in [5.41, 5.74) is 3.21. The average Bonchev–Trinajstić information content (AvgIpc) is 3.43. The van der Waals surface area contributed by atoms with Crippen LogP contribution in [0.3, 0.4) is 0 Å². The van der Waals surface area contributed by atoms with Crippen molar-refractivity contribution in [2.75, 3.05) is 33.3 Å². The van der Waals surface area contributed by atoms with Gasteiger partial charge in [-0.2, -0.15) is 0 Å². The third-order valence-corrected chi connectivity index (χ3v) is 7.45. The van der Waals surface area contributed by atoms with Crippen LogP contribution in [0, 0.1) is 5.82 Å². The number of nitrogens with zero attached hydrogens (tertiary/aromatic N) is 6. The van der Waals surface area contributed by atoms with E-state index in [1.165, 1.54) is 17.7 Å². The first-order valence-corrected chi connectivity index (χ1v) is 13.3. The number of methoxy groups -OCH3 is 1. The molecule has 1 aliphatic rings. The normalized spacial score (nSPS) is 15.3. The Kier molecular flexibility index (Phi) is 7.35. The van der Waals surface area contributed by atoms with Crippen LogP contribution in [-0.2, 0) is 13.1 Å². The van der Waals surface area contributed by atoms with Crippen LogP contribution in [0.1, 0.15) is 28.6 Å². The van der Waals surface area contributed by atoms with Gasteiger partial charge in [0.05, 0.1) is 19.2 Å². The molecule has 0 bridgehead atoms. The lowest BCUT2D eigenvalue weighted by atomic mass is 10.0. The molecular weight excluding hydrogens is 509 g/mol. The summed E-state index contributed by atoms with van der Waals surface area (Å²) in [6.07, 6.45) is 0. The Balaban J connectivity index is 1.35. The summed E-state index contributed by atoms with van der Waals surface area (Å²) in [5.74, 6) is 0.940. The van der Waals surface area contributed by atoms with Gasteiger partial charge in [0.15, 0.2) is 5.82 Å². The van der Waals surface area contributed by atoms with E-state index in [1.54, 1.807) is 23.9 Å². The number of aromatic nitrogens is 5. The number of H-pyrrole nitrogens is 1. The van der Waals surface area contributed by atoms with Crippen molar-refractivity contribution in [1.82, 2.24) is 35.0 Å². The van der Waals surface area contributed by atoms with Gasteiger partial charge < -0.3 is 9.72 Å². The standard InChI is InChI=1S/C30H30FN7O2/c1-40-25-12-9-23-17-26(30(39)32-27(23)18-25)28(29-33-34-35-38(29)20-22-7-10-24(31)11-8-22)37-15-13-36(14-16-37)19-21-5-3-2-4-6-21/h2-12,17-18,28H,13-16,19-20H2,1H3,(H,32,39)/t28-/m0/s1. The Hall–Kier alpha value is -4.41. The van der Waals surface area contributed by atoms with E-state index in [9.17, 15) is 9.18 Å². The van der Waals surface area contributed by atoms with E-state index in [2.05, 4.69) is 54.6 Å². The molecule has 40 heavy (non-hydrogen) atoms. The van der Waals surface area contributed by atoms with Crippen molar-refractivity contribution in [1.29, 1.82) is 0 Å². The lowest BCUT2D eigenvalue weighted by Crippen LogP contribution is -2.48. The number of hydrogen-bond donors (Lipinski definition) is 1. The summed E-state index contributed by atoms with van der Waals surface area (Å²) in [4.78, 5) is 21.3. The van der Waals surface area contributed by atoms with Gasteiger partial charge in [0.2, 0.25) is 0 Å². The second-order valence-corrected chi connectivity index (χ2v) is 10.0. The Morgan fingerprint density at radius 2 is 1.68 bits per heavy atom. The van der Waals surface area contributed by atoms with Gasteiger partial charge in [-0.25, -0.2) is 9.07 Å². The van der Waals surface area contributed by atoms with Gasteiger partial charge in [-0.3, -0.25) is 14.6 Å². The van der Waals surface area contributed by atoms with Crippen LogP contribution < -0.4 is 10.3 Å². The Morgan fingerprint density at radius 3 is 2.42 bits per heavy atom. The fourth-order valence-electron chi connectivity index (χ4n) is 5.33. The van der Waals surface area contributed by atoms with Gasteiger partial charge in [-0.1, -0.05) is 42.5 Å². The molecule has 3 aromatic carbocycles. The summed E-state index contributed by atoms with van der Waals surface area (Å²) in [7, 11) is 1.60. The highest BCUT2D eigenvalue weighted by Gasteiger charge is 2.32. The lowest BCUT2D eigenvalue weighted by molar-refractivity contribution is 0.0998. The van der Waals surface area contributed by atoms with Gasteiger partial charge in [0, 0.05) is 44.4 Å². The van der Waals surface area contributed by atoms with Crippen LogP contribution in [0.5, 0.6) is 5.75 Å². The second kappa shape index (κ2) is 11.4. The maximum absolute atomic E-state index is 13.6. The second-order valence-electron chi connectivity index (χ2n) is 10.0. The zero-order chi connectivity index (χ0) is 27.5. The maximum Gasteiger partial charge on any atom is 0.253 e. The molecule has 0 saturated carbocycles. The molecule has 1 fully saturated rings. The predicted molar refractivity (Wildman–Crippen MR) is 150 cm³/mol. The number of hydrogen-bond acceptors (Lipinski definition) is 7. The molecule has 0 spiro atoms.